The number of fused-ring (bicyclic) bond motifs is 1. The minimum Gasteiger partial charge on any atom is -0.496 e. The zero-order valence-electron chi connectivity index (χ0n) is 16.6. The number of aryl methyl sites for hydroxylation is 1. The fraction of sp³-hybridized carbons (Fsp3) is 0.526. The first-order chi connectivity index (χ1) is 12.4. The van der Waals surface area contributed by atoms with E-state index in [4.69, 9.17) is 14.7 Å². The summed E-state index contributed by atoms with van der Waals surface area (Å²) in [7, 11) is 7.72. The molecule has 1 aliphatic heterocycles. The quantitative estimate of drug-likeness (QED) is 0.877. The van der Waals surface area contributed by atoms with Gasteiger partial charge in [-0.3, -0.25) is 4.98 Å². The molecule has 140 valence electrons. The van der Waals surface area contributed by atoms with Gasteiger partial charge in [0.15, 0.2) is 0 Å². The molecule has 1 aliphatic rings. The summed E-state index contributed by atoms with van der Waals surface area (Å²) in [6.07, 6.45) is 2.81. The van der Waals surface area contributed by atoms with Crippen molar-refractivity contribution in [1.82, 2.24) is 20.3 Å². The van der Waals surface area contributed by atoms with Gasteiger partial charge in [-0.05, 0) is 26.8 Å². The third kappa shape index (κ3) is 3.44. The first-order valence-electron chi connectivity index (χ1n) is 8.90. The lowest BCUT2D eigenvalue weighted by atomic mass is 10.1. The molecule has 0 aromatic carbocycles. The van der Waals surface area contributed by atoms with E-state index in [-0.39, 0.29) is 0 Å². The van der Waals surface area contributed by atoms with E-state index in [0.717, 1.165) is 59.5 Å². The SMILES string of the molecule is COc1c(C)cnc(CN(C)c2nc(N(C)C)nc3c2CCNC3)c1C. The number of hydrogen-bond donors (Lipinski definition) is 1. The Kier molecular flexibility index (Phi) is 5.27. The highest BCUT2D eigenvalue weighted by atomic mass is 16.5. The van der Waals surface area contributed by atoms with E-state index in [2.05, 4.69) is 29.2 Å². The first-order valence-corrected chi connectivity index (χ1v) is 8.90. The predicted molar refractivity (Wildman–Crippen MR) is 104 cm³/mol. The van der Waals surface area contributed by atoms with E-state index < -0.39 is 0 Å². The van der Waals surface area contributed by atoms with Crippen molar-refractivity contribution in [2.45, 2.75) is 33.4 Å². The van der Waals surface area contributed by atoms with Crippen molar-refractivity contribution < 1.29 is 4.74 Å². The van der Waals surface area contributed by atoms with Crippen LogP contribution in [0.4, 0.5) is 11.8 Å². The van der Waals surface area contributed by atoms with Crippen molar-refractivity contribution in [3.05, 3.63) is 34.3 Å². The van der Waals surface area contributed by atoms with Crippen molar-refractivity contribution in [3.63, 3.8) is 0 Å². The van der Waals surface area contributed by atoms with Crippen LogP contribution < -0.4 is 19.9 Å². The Bertz CT molecular complexity index is 805. The molecule has 7 heteroatoms. The van der Waals surface area contributed by atoms with Crippen molar-refractivity contribution in [3.8, 4) is 5.75 Å². The second kappa shape index (κ2) is 7.45. The topological polar surface area (TPSA) is 66.4 Å². The number of nitrogens with zero attached hydrogens (tertiary/aromatic N) is 5. The van der Waals surface area contributed by atoms with Gasteiger partial charge in [-0.25, -0.2) is 4.98 Å². The number of nitrogens with one attached hydrogen (secondary N) is 1. The molecule has 0 bridgehead atoms. The van der Waals surface area contributed by atoms with Crippen LogP contribution in [0.25, 0.3) is 0 Å². The standard InChI is InChI=1S/C19H28N6O/c1-12-9-21-16(13(2)17(12)26-6)11-25(5)18-14-7-8-20-10-15(14)22-19(23-18)24(3)4/h9,20H,7-8,10-11H2,1-6H3. The second-order valence-electron chi connectivity index (χ2n) is 7.00. The third-order valence-electron chi connectivity index (χ3n) is 4.80. The van der Waals surface area contributed by atoms with Crippen LogP contribution in [0.5, 0.6) is 5.75 Å². The van der Waals surface area contributed by atoms with Gasteiger partial charge in [0.25, 0.3) is 0 Å². The van der Waals surface area contributed by atoms with Gasteiger partial charge in [0, 0.05) is 50.6 Å². The predicted octanol–water partition coefficient (Wildman–Crippen LogP) is 1.85. The summed E-state index contributed by atoms with van der Waals surface area (Å²) in [6.45, 7) is 6.49. The van der Waals surface area contributed by atoms with Gasteiger partial charge in [-0.15, -0.1) is 0 Å². The van der Waals surface area contributed by atoms with Crippen LogP contribution in [-0.2, 0) is 19.5 Å². The maximum atomic E-state index is 5.55. The van der Waals surface area contributed by atoms with Crippen LogP contribution in [0.15, 0.2) is 6.20 Å². The van der Waals surface area contributed by atoms with E-state index in [9.17, 15) is 0 Å². The number of aromatic nitrogens is 3. The molecule has 0 fully saturated rings. The number of rotatable bonds is 5. The third-order valence-corrected chi connectivity index (χ3v) is 4.80. The molecule has 1 N–H and O–H groups in total. The zero-order chi connectivity index (χ0) is 18.8. The molecule has 0 aliphatic carbocycles. The van der Waals surface area contributed by atoms with Crippen LogP contribution in [-0.4, -0.2) is 49.7 Å². The van der Waals surface area contributed by atoms with E-state index in [1.165, 1.54) is 5.56 Å². The molecule has 0 saturated carbocycles. The lowest BCUT2D eigenvalue weighted by Crippen LogP contribution is -2.30. The highest BCUT2D eigenvalue weighted by molar-refractivity contribution is 5.54. The van der Waals surface area contributed by atoms with E-state index in [1.54, 1.807) is 7.11 Å². The highest BCUT2D eigenvalue weighted by Crippen LogP contribution is 2.29. The van der Waals surface area contributed by atoms with Crippen LogP contribution in [0.2, 0.25) is 0 Å². The average Bonchev–Trinajstić information content (AvgIpc) is 2.63. The van der Waals surface area contributed by atoms with Crippen molar-refractivity contribution >= 4 is 11.8 Å². The Hall–Kier alpha value is -2.41. The van der Waals surface area contributed by atoms with Gasteiger partial charge in [-0.1, -0.05) is 0 Å². The maximum Gasteiger partial charge on any atom is 0.227 e. The van der Waals surface area contributed by atoms with Gasteiger partial charge in [0.05, 0.1) is 25.0 Å². The summed E-state index contributed by atoms with van der Waals surface area (Å²) in [6, 6.07) is 0. The monoisotopic (exact) mass is 356 g/mol. The Balaban J connectivity index is 1.98. The molecule has 2 aromatic rings. The van der Waals surface area contributed by atoms with Crippen molar-refractivity contribution in [2.75, 3.05) is 44.6 Å². The number of pyridine rings is 1. The van der Waals surface area contributed by atoms with Crippen LogP contribution >= 0.6 is 0 Å². The Morgan fingerprint density at radius 3 is 2.65 bits per heavy atom. The maximum absolute atomic E-state index is 5.55. The molecule has 0 radical (unpaired) electrons. The van der Waals surface area contributed by atoms with Crippen LogP contribution in [0.3, 0.4) is 0 Å². The number of methoxy groups -OCH3 is 1. The highest BCUT2D eigenvalue weighted by Gasteiger charge is 2.21. The van der Waals surface area contributed by atoms with Gasteiger partial charge >= 0.3 is 0 Å². The van der Waals surface area contributed by atoms with Crippen molar-refractivity contribution in [1.29, 1.82) is 0 Å². The van der Waals surface area contributed by atoms with Gasteiger partial charge in [0.2, 0.25) is 5.95 Å². The normalized spacial score (nSPS) is 13.3. The summed E-state index contributed by atoms with van der Waals surface area (Å²) in [5.74, 6) is 2.63. The average molecular weight is 356 g/mol. The first kappa shape index (κ1) is 18.4. The summed E-state index contributed by atoms with van der Waals surface area (Å²) >= 11 is 0. The Morgan fingerprint density at radius 1 is 1.19 bits per heavy atom. The molecule has 3 rings (SSSR count). The lowest BCUT2D eigenvalue weighted by Gasteiger charge is -2.27. The molecule has 3 heterocycles. The molecule has 0 unspecified atom stereocenters. The van der Waals surface area contributed by atoms with Crippen molar-refractivity contribution in [2.24, 2.45) is 0 Å². The van der Waals surface area contributed by atoms with E-state index in [0.29, 0.717) is 6.54 Å². The fourth-order valence-electron chi connectivity index (χ4n) is 3.37. The number of anilines is 2. The summed E-state index contributed by atoms with van der Waals surface area (Å²) < 4.78 is 5.55. The molecule has 2 aromatic heterocycles. The Morgan fingerprint density at radius 2 is 1.96 bits per heavy atom. The number of hydrogen-bond acceptors (Lipinski definition) is 7. The molecular weight excluding hydrogens is 328 g/mol. The summed E-state index contributed by atoms with van der Waals surface area (Å²) in [4.78, 5) is 18.3. The van der Waals surface area contributed by atoms with Gasteiger partial charge in [-0.2, -0.15) is 4.98 Å². The lowest BCUT2D eigenvalue weighted by molar-refractivity contribution is 0.407. The minimum absolute atomic E-state index is 0.673. The molecule has 0 spiro atoms. The van der Waals surface area contributed by atoms with E-state index in [1.807, 2.05) is 32.1 Å². The fourth-order valence-corrected chi connectivity index (χ4v) is 3.37. The van der Waals surface area contributed by atoms with Gasteiger partial charge in [0.1, 0.15) is 11.6 Å². The molecule has 0 atom stereocenters. The minimum atomic E-state index is 0.673. The molecule has 7 nitrogen and oxygen atoms in total. The number of ether oxygens (including phenoxy) is 1. The molecular formula is C19H28N6O. The van der Waals surface area contributed by atoms with E-state index >= 15 is 0 Å². The smallest absolute Gasteiger partial charge is 0.227 e. The molecule has 26 heavy (non-hydrogen) atoms. The zero-order valence-corrected chi connectivity index (χ0v) is 16.6. The molecule has 0 amide bonds. The second-order valence-corrected chi connectivity index (χ2v) is 7.00. The largest absolute Gasteiger partial charge is 0.496 e. The van der Waals surface area contributed by atoms with Crippen LogP contribution in [0, 0.1) is 13.8 Å². The summed E-state index contributed by atoms with van der Waals surface area (Å²) in [5, 5.41) is 3.40. The van der Waals surface area contributed by atoms with Crippen LogP contribution in [0.1, 0.15) is 28.1 Å². The van der Waals surface area contributed by atoms with Gasteiger partial charge < -0.3 is 19.9 Å². The molecule has 0 saturated heterocycles. The Labute approximate surface area is 155 Å². The summed E-state index contributed by atoms with van der Waals surface area (Å²) in [5.41, 5.74) is 5.45.